The van der Waals surface area contributed by atoms with Crippen LogP contribution in [0.5, 0.6) is 0 Å². The molecule has 1 aromatic heterocycles. The average Bonchev–Trinajstić information content (AvgIpc) is 3.71. The molecular weight excluding hydrogens is 727 g/mol. The third kappa shape index (κ3) is 7.11. The summed E-state index contributed by atoms with van der Waals surface area (Å²) < 4.78 is 6.17. The first-order valence-electron chi connectivity index (χ1n) is 21.2. The van der Waals surface area contributed by atoms with E-state index in [0.29, 0.717) is 18.4 Å². The molecule has 1 heterocycles. The largest absolute Gasteiger partial charge is 0.481 e. The van der Waals surface area contributed by atoms with Crippen LogP contribution in [-0.4, -0.2) is 88.0 Å². The van der Waals surface area contributed by atoms with Crippen LogP contribution in [0.2, 0.25) is 0 Å². The van der Waals surface area contributed by atoms with Gasteiger partial charge in [-0.15, -0.1) is 11.3 Å². The Bertz CT molecular complexity index is 1720. The van der Waals surface area contributed by atoms with Crippen molar-refractivity contribution in [1.29, 1.82) is 0 Å². The number of ether oxygens (including phenoxy) is 1. The van der Waals surface area contributed by atoms with E-state index >= 15 is 0 Å². The molecule has 11 heteroatoms. The Morgan fingerprint density at radius 2 is 1.66 bits per heavy atom. The third-order valence-corrected chi connectivity index (χ3v) is 17.2. The van der Waals surface area contributed by atoms with Gasteiger partial charge in [0.2, 0.25) is 5.91 Å². The summed E-state index contributed by atoms with van der Waals surface area (Å²) >= 11 is 1.53. The number of thiazole rings is 1. The highest BCUT2D eigenvalue weighted by molar-refractivity contribution is 7.09. The van der Waals surface area contributed by atoms with E-state index in [-0.39, 0.29) is 76.7 Å². The van der Waals surface area contributed by atoms with Gasteiger partial charge in [-0.3, -0.25) is 24.1 Å². The van der Waals surface area contributed by atoms with Crippen LogP contribution in [0, 0.1) is 62.6 Å². The number of carbonyl (C=O) groups excluding carboxylic acids is 3. The highest BCUT2D eigenvalue weighted by atomic mass is 32.1. The molecule has 4 fully saturated rings. The van der Waals surface area contributed by atoms with Gasteiger partial charge in [-0.05, 0) is 117 Å². The van der Waals surface area contributed by atoms with Gasteiger partial charge in [-0.1, -0.05) is 54.0 Å². The van der Waals surface area contributed by atoms with Gasteiger partial charge in [0.25, 0.3) is 0 Å². The summed E-state index contributed by atoms with van der Waals surface area (Å²) in [5.74, 6) is -0.727. The van der Waals surface area contributed by atoms with Crippen molar-refractivity contribution in [1.82, 2.24) is 14.8 Å². The molecule has 56 heavy (non-hydrogen) atoms. The fourth-order valence-corrected chi connectivity index (χ4v) is 14.0. The summed E-state index contributed by atoms with van der Waals surface area (Å²) in [6.07, 6.45) is 8.27. The molecule has 0 aliphatic heterocycles. The lowest BCUT2D eigenvalue weighted by Crippen LogP contribution is -2.65. The van der Waals surface area contributed by atoms with Gasteiger partial charge in [-0.25, -0.2) is 4.98 Å². The zero-order valence-corrected chi connectivity index (χ0v) is 36.8. The van der Waals surface area contributed by atoms with Gasteiger partial charge >= 0.3 is 11.9 Å². The molecule has 0 aromatic carbocycles. The number of likely N-dealkylation sites (N-methyl/N-ethyl adjacent to an activating group) is 1. The Labute approximate surface area is 339 Å². The molecular formula is C45H69N3O7S. The number of rotatable bonds is 12. The number of ketones is 1. The van der Waals surface area contributed by atoms with E-state index in [2.05, 4.69) is 53.5 Å². The van der Waals surface area contributed by atoms with Crippen molar-refractivity contribution in [3.8, 4) is 0 Å². The summed E-state index contributed by atoms with van der Waals surface area (Å²) in [6, 6.07) is 0. The van der Waals surface area contributed by atoms with E-state index in [1.807, 2.05) is 10.3 Å². The number of nitrogens with zero attached hydrogens (tertiary/aromatic N) is 3. The smallest absolute Gasteiger partial charge is 0.309 e. The van der Waals surface area contributed by atoms with Crippen LogP contribution in [0.4, 0.5) is 0 Å². The predicted molar refractivity (Wildman–Crippen MR) is 217 cm³/mol. The molecule has 4 saturated carbocycles. The van der Waals surface area contributed by atoms with Gasteiger partial charge < -0.3 is 19.8 Å². The fourth-order valence-electron chi connectivity index (χ4n) is 13.3. The van der Waals surface area contributed by atoms with Crippen molar-refractivity contribution in [3.63, 3.8) is 0 Å². The number of Topliss-reactive ketones (excluding diaryl/α,β-unsaturated/α-hetero) is 1. The van der Waals surface area contributed by atoms with E-state index in [9.17, 15) is 29.4 Å². The van der Waals surface area contributed by atoms with Crippen molar-refractivity contribution in [2.75, 3.05) is 27.2 Å². The molecule has 0 radical (unpaired) electrons. The first-order chi connectivity index (χ1) is 26.0. The average molecular weight is 796 g/mol. The second kappa shape index (κ2) is 15.2. The summed E-state index contributed by atoms with van der Waals surface area (Å²) in [6.45, 7) is 20.4. The summed E-state index contributed by atoms with van der Waals surface area (Å²) in [5.41, 5.74) is 0.921. The standard InChI is InChI=1S/C45H69N3O7S/c1-26(2)36-37-27(38(39(36)52)29(49)23-48(25-34(50)47(10)11)24-33-46-20-21-56-33)14-18-44(8)28(37)12-13-31-43(7)17-16-32(55-35(51)22-41(3,4)40(53)54)42(5,6)30(43)15-19-45(31,44)9/h20-21,26-32,38,49H,12-19,22-25H2,1-11H3,(H,53,54)/t27?,28-,29+,30-,31-,32+,38-,43+,44-,45-/m1/s1. The Morgan fingerprint density at radius 3 is 2.27 bits per heavy atom. The lowest BCUT2D eigenvalue weighted by molar-refractivity contribution is -0.232. The van der Waals surface area contributed by atoms with Crippen molar-refractivity contribution in [3.05, 3.63) is 27.7 Å². The number of carbonyl (C=O) groups is 4. The quantitative estimate of drug-likeness (QED) is 0.205. The molecule has 312 valence electrons. The molecule has 1 aromatic rings. The SMILES string of the molecule is CC(C)C1=C2C(CC[C@]3(C)[C@@H]2CC[C@@H]2[C@@]4(C)CC[C@H](OC(=O)CC(C)(C)C(=O)O)C(C)(C)[C@H]4CC[C@]23C)[C@H]([C@@H](O)CN(CC(=O)N(C)C)Cc2nccs2)C1=O. The van der Waals surface area contributed by atoms with Crippen LogP contribution in [-0.2, 0) is 30.5 Å². The van der Waals surface area contributed by atoms with Crippen LogP contribution in [0.25, 0.3) is 0 Å². The molecule has 0 bridgehead atoms. The van der Waals surface area contributed by atoms with E-state index < -0.39 is 29.4 Å². The maximum atomic E-state index is 14.7. The molecule has 10 nitrogen and oxygen atoms in total. The maximum absolute atomic E-state index is 14.7. The number of aliphatic hydroxyl groups is 1. The number of esters is 1. The number of amides is 1. The lowest BCUT2D eigenvalue weighted by atomic mass is 9.33. The summed E-state index contributed by atoms with van der Waals surface area (Å²) in [5, 5.41) is 24.5. The molecule has 5 aliphatic carbocycles. The van der Waals surface area contributed by atoms with Crippen molar-refractivity contribution in [2.24, 2.45) is 62.6 Å². The Kier molecular flexibility index (Phi) is 11.7. The lowest BCUT2D eigenvalue weighted by Gasteiger charge is -2.71. The Morgan fingerprint density at radius 1 is 0.982 bits per heavy atom. The molecule has 10 atom stereocenters. The highest BCUT2D eigenvalue weighted by Crippen LogP contribution is 2.76. The Hall–Kier alpha value is -2.63. The number of aromatic nitrogens is 1. The number of aliphatic hydroxyl groups excluding tert-OH is 1. The van der Waals surface area contributed by atoms with Crippen LogP contribution in [0.3, 0.4) is 0 Å². The predicted octanol–water partition coefficient (Wildman–Crippen LogP) is 7.64. The van der Waals surface area contributed by atoms with Crippen molar-refractivity contribution >= 4 is 35.0 Å². The minimum absolute atomic E-state index is 0.00137. The van der Waals surface area contributed by atoms with E-state index in [4.69, 9.17) is 4.74 Å². The number of carboxylic acid groups (broad SMARTS) is 1. The van der Waals surface area contributed by atoms with Crippen LogP contribution in [0.15, 0.2) is 22.7 Å². The second-order valence-electron chi connectivity index (χ2n) is 20.8. The molecule has 5 aliphatic rings. The summed E-state index contributed by atoms with van der Waals surface area (Å²) in [4.78, 5) is 60.4. The normalized spacial score (nSPS) is 35.7. The maximum Gasteiger partial charge on any atom is 0.309 e. The van der Waals surface area contributed by atoms with Gasteiger partial charge in [0.15, 0.2) is 5.78 Å². The zero-order valence-electron chi connectivity index (χ0n) is 35.9. The minimum atomic E-state index is -1.17. The van der Waals surface area contributed by atoms with Crippen LogP contribution < -0.4 is 0 Å². The topological polar surface area (TPSA) is 137 Å². The van der Waals surface area contributed by atoms with E-state index in [0.717, 1.165) is 61.9 Å². The molecule has 0 saturated heterocycles. The highest BCUT2D eigenvalue weighted by Gasteiger charge is 2.69. The molecule has 0 spiro atoms. The van der Waals surface area contributed by atoms with Crippen molar-refractivity contribution < 1.29 is 34.1 Å². The first-order valence-corrected chi connectivity index (χ1v) is 22.1. The van der Waals surface area contributed by atoms with E-state index in [1.54, 1.807) is 39.0 Å². The molecule has 6 rings (SSSR count). The number of allylic oxidation sites excluding steroid dienone is 2. The Balaban J connectivity index is 1.24. The van der Waals surface area contributed by atoms with Gasteiger partial charge in [-0.2, -0.15) is 0 Å². The van der Waals surface area contributed by atoms with Gasteiger partial charge in [0.05, 0.1) is 36.9 Å². The molecule has 2 N–H and O–H groups in total. The van der Waals surface area contributed by atoms with Crippen LogP contribution >= 0.6 is 11.3 Å². The molecule has 1 unspecified atom stereocenters. The van der Waals surface area contributed by atoms with Crippen molar-refractivity contribution in [2.45, 2.75) is 139 Å². The number of hydrogen-bond acceptors (Lipinski definition) is 9. The third-order valence-electron chi connectivity index (χ3n) is 16.4. The number of hydrogen-bond donors (Lipinski definition) is 2. The van der Waals surface area contributed by atoms with Gasteiger partial charge in [0, 0.05) is 37.6 Å². The van der Waals surface area contributed by atoms with Crippen LogP contribution in [0.1, 0.15) is 125 Å². The fraction of sp³-hybridized carbons (Fsp3) is 0.800. The first kappa shape index (κ1) is 43.0. The second-order valence-corrected chi connectivity index (χ2v) is 21.8. The zero-order chi connectivity index (χ0) is 41.3. The monoisotopic (exact) mass is 795 g/mol. The number of fused-ring (bicyclic) bond motifs is 7. The number of carboxylic acids is 1. The molecule has 1 amide bonds. The van der Waals surface area contributed by atoms with Gasteiger partial charge in [0.1, 0.15) is 11.1 Å². The van der Waals surface area contributed by atoms with E-state index in [1.165, 1.54) is 16.9 Å². The minimum Gasteiger partial charge on any atom is -0.481 e. The number of aliphatic carboxylic acids is 1. The summed E-state index contributed by atoms with van der Waals surface area (Å²) in [7, 11) is 3.48.